The third-order valence-corrected chi connectivity index (χ3v) is 4.56. The predicted molar refractivity (Wildman–Crippen MR) is 89.0 cm³/mol. The number of hydrogen-bond donors (Lipinski definition) is 1. The highest BCUT2D eigenvalue weighted by Gasteiger charge is 2.32. The van der Waals surface area contributed by atoms with Crippen LogP contribution in [0, 0.1) is 19.8 Å². The Kier molecular flexibility index (Phi) is 4.00. The van der Waals surface area contributed by atoms with E-state index in [-0.39, 0.29) is 11.8 Å². The second kappa shape index (κ2) is 5.83. The number of nitrogens with one attached hydrogen (secondary N) is 1. The number of carbonyl (C=O) groups is 1. The minimum Gasteiger partial charge on any atom is -0.342 e. The molecular weight excluding hydrogens is 290 g/mol. The van der Waals surface area contributed by atoms with Crippen molar-refractivity contribution < 1.29 is 4.79 Å². The molecule has 0 aromatic carbocycles. The van der Waals surface area contributed by atoms with Crippen molar-refractivity contribution in [2.45, 2.75) is 40.0 Å². The fourth-order valence-corrected chi connectivity index (χ4v) is 3.41. The molecule has 1 saturated heterocycles. The summed E-state index contributed by atoms with van der Waals surface area (Å²) < 4.78 is 1.88. The first-order chi connectivity index (χ1) is 10.9. The number of imidazole rings is 1. The molecule has 3 heterocycles. The predicted octanol–water partition coefficient (Wildman–Crippen LogP) is 2.40. The number of likely N-dealkylation sites (tertiary alicyclic amines) is 1. The lowest BCUT2D eigenvalue weighted by Gasteiger charge is -2.18. The largest absolute Gasteiger partial charge is 0.342 e. The molecule has 0 spiro atoms. The van der Waals surface area contributed by atoms with E-state index in [4.69, 9.17) is 0 Å². The van der Waals surface area contributed by atoms with E-state index in [1.165, 1.54) is 0 Å². The zero-order valence-electron chi connectivity index (χ0n) is 14.6. The molecule has 124 valence electrons. The Morgan fingerprint density at radius 2 is 2.13 bits per heavy atom. The van der Waals surface area contributed by atoms with Crippen molar-refractivity contribution in [1.29, 1.82) is 0 Å². The average molecular weight is 315 g/mol. The molecule has 0 radical (unpaired) electrons. The van der Waals surface area contributed by atoms with Crippen molar-refractivity contribution >= 4 is 5.91 Å². The maximum Gasteiger partial charge on any atom is 0.223 e. The van der Waals surface area contributed by atoms with Crippen LogP contribution in [0.5, 0.6) is 0 Å². The second-order valence-electron chi connectivity index (χ2n) is 6.95. The summed E-state index contributed by atoms with van der Waals surface area (Å²) in [4.78, 5) is 22.1. The molecule has 1 fully saturated rings. The Morgan fingerprint density at radius 1 is 1.39 bits per heavy atom. The van der Waals surface area contributed by atoms with Gasteiger partial charge in [0.1, 0.15) is 5.82 Å². The van der Waals surface area contributed by atoms with Crippen LogP contribution < -0.4 is 0 Å². The lowest BCUT2D eigenvalue weighted by molar-refractivity contribution is -0.128. The summed E-state index contributed by atoms with van der Waals surface area (Å²) in [5.41, 5.74) is 4.19. The van der Waals surface area contributed by atoms with Crippen LogP contribution in [0.15, 0.2) is 6.20 Å². The topological polar surface area (TPSA) is 66.8 Å². The Labute approximate surface area is 136 Å². The number of aryl methyl sites for hydroxylation is 2. The molecule has 1 aliphatic heterocycles. The third-order valence-electron chi connectivity index (χ3n) is 4.56. The van der Waals surface area contributed by atoms with Crippen LogP contribution in [0.2, 0.25) is 0 Å². The molecule has 0 bridgehead atoms. The van der Waals surface area contributed by atoms with Gasteiger partial charge in [-0.15, -0.1) is 0 Å². The lowest BCUT2D eigenvalue weighted by Crippen LogP contribution is -2.29. The number of hydrogen-bond acceptors (Lipinski definition) is 3. The molecule has 1 aliphatic rings. The molecule has 2 aromatic heterocycles. The summed E-state index contributed by atoms with van der Waals surface area (Å²) in [5.74, 6) is 1.79. The van der Waals surface area contributed by atoms with Gasteiger partial charge in [0.05, 0.1) is 17.6 Å². The first-order valence-electron chi connectivity index (χ1n) is 8.20. The number of carbonyl (C=O) groups excluding carboxylic acids is 1. The summed E-state index contributed by atoms with van der Waals surface area (Å²) in [5, 5.41) is 4.46. The van der Waals surface area contributed by atoms with Gasteiger partial charge in [0.2, 0.25) is 5.91 Å². The van der Waals surface area contributed by atoms with Crippen molar-refractivity contribution in [3.8, 4) is 11.3 Å². The highest BCUT2D eigenvalue weighted by molar-refractivity contribution is 5.79. The van der Waals surface area contributed by atoms with Crippen LogP contribution in [0.3, 0.4) is 0 Å². The highest BCUT2D eigenvalue weighted by atomic mass is 16.2. The molecule has 1 N–H and O–H groups in total. The first-order valence-corrected chi connectivity index (χ1v) is 8.20. The molecule has 0 aliphatic carbocycles. The summed E-state index contributed by atoms with van der Waals surface area (Å²) in [6, 6.07) is 0. The fourth-order valence-electron chi connectivity index (χ4n) is 3.41. The molecule has 0 saturated carbocycles. The van der Waals surface area contributed by atoms with Crippen molar-refractivity contribution in [1.82, 2.24) is 24.6 Å². The SMILES string of the molecule is Cc1nn(C)c(C)c1-c1cnc(C2CC(=O)N(CC(C)C)C2)[nH]1. The summed E-state index contributed by atoms with van der Waals surface area (Å²) >= 11 is 0. The minimum absolute atomic E-state index is 0.160. The van der Waals surface area contributed by atoms with Gasteiger partial charge >= 0.3 is 0 Å². The molecule has 1 unspecified atom stereocenters. The number of nitrogens with zero attached hydrogens (tertiary/aromatic N) is 4. The van der Waals surface area contributed by atoms with Crippen LogP contribution in [0.4, 0.5) is 0 Å². The van der Waals surface area contributed by atoms with Gasteiger partial charge in [-0.25, -0.2) is 4.98 Å². The quantitative estimate of drug-likeness (QED) is 0.942. The average Bonchev–Trinajstić information content (AvgIpc) is 3.11. The molecule has 3 rings (SSSR count). The van der Waals surface area contributed by atoms with Gasteiger partial charge in [-0.05, 0) is 19.8 Å². The van der Waals surface area contributed by atoms with Crippen molar-refractivity contribution in [2.24, 2.45) is 13.0 Å². The fraction of sp³-hybridized carbons (Fsp3) is 0.588. The van der Waals surface area contributed by atoms with Gasteiger partial charge in [0, 0.05) is 43.7 Å². The lowest BCUT2D eigenvalue weighted by atomic mass is 10.1. The van der Waals surface area contributed by atoms with Gasteiger partial charge in [0.25, 0.3) is 0 Å². The maximum atomic E-state index is 12.2. The number of aromatic amines is 1. The van der Waals surface area contributed by atoms with Crippen molar-refractivity contribution in [3.63, 3.8) is 0 Å². The minimum atomic E-state index is 0.160. The number of rotatable bonds is 4. The summed E-state index contributed by atoms with van der Waals surface area (Å²) in [6.45, 7) is 9.92. The van der Waals surface area contributed by atoms with Crippen molar-refractivity contribution in [2.75, 3.05) is 13.1 Å². The van der Waals surface area contributed by atoms with E-state index in [0.29, 0.717) is 12.3 Å². The Bertz CT molecular complexity index is 727. The first kappa shape index (κ1) is 15.8. The number of aromatic nitrogens is 4. The zero-order chi connectivity index (χ0) is 16.7. The molecule has 2 aromatic rings. The van der Waals surface area contributed by atoms with Crippen LogP contribution in [-0.2, 0) is 11.8 Å². The van der Waals surface area contributed by atoms with E-state index in [9.17, 15) is 4.79 Å². The molecule has 1 atom stereocenters. The normalized spacial score (nSPS) is 18.4. The molecule has 23 heavy (non-hydrogen) atoms. The highest BCUT2D eigenvalue weighted by Crippen LogP contribution is 2.30. The van der Waals surface area contributed by atoms with Gasteiger partial charge in [0.15, 0.2) is 0 Å². The Balaban J connectivity index is 1.82. The van der Waals surface area contributed by atoms with Crippen LogP contribution in [0.1, 0.15) is 43.4 Å². The van der Waals surface area contributed by atoms with Crippen LogP contribution >= 0.6 is 0 Å². The standard InChI is InChI=1S/C17H25N5O/c1-10(2)8-22-9-13(6-15(22)23)17-18-7-14(19-17)16-11(3)20-21(5)12(16)4/h7,10,13H,6,8-9H2,1-5H3,(H,18,19). The molecular formula is C17H25N5O. The van der Waals surface area contributed by atoms with Crippen LogP contribution in [0.25, 0.3) is 11.3 Å². The van der Waals surface area contributed by atoms with Gasteiger partial charge in [-0.3, -0.25) is 9.48 Å². The van der Waals surface area contributed by atoms with E-state index in [0.717, 1.165) is 41.6 Å². The monoisotopic (exact) mass is 315 g/mol. The Morgan fingerprint density at radius 3 is 2.74 bits per heavy atom. The van der Waals surface area contributed by atoms with E-state index < -0.39 is 0 Å². The summed E-state index contributed by atoms with van der Waals surface area (Å²) in [6.07, 6.45) is 2.41. The molecule has 6 heteroatoms. The Hall–Kier alpha value is -2.11. The van der Waals surface area contributed by atoms with Crippen LogP contribution in [-0.4, -0.2) is 43.6 Å². The van der Waals surface area contributed by atoms with E-state index in [1.54, 1.807) is 0 Å². The number of amides is 1. The smallest absolute Gasteiger partial charge is 0.223 e. The summed E-state index contributed by atoms with van der Waals surface area (Å²) in [7, 11) is 1.95. The van der Waals surface area contributed by atoms with Crippen molar-refractivity contribution in [3.05, 3.63) is 23.4 Å². The third kappa shape index (κ3) is 2.90. The van der Waals surface area contributed by atoms with Gasteiger partial charge in [-0.1, -0.05) is 13.8 Å². The second-order valence-corrected chi connectivity index (χ2v) is 6.95. The maximum absolute atomic E-state index is 12.2. The van der Waals surface area contributed by atoms with Gasteiger partial charge in [-0.2, -0.15) is 5.10 Å². The molecule has 6 nitrogen and oxygen atoms in total. The van der Waals surface area contributed by atoms with Gasteiger partial charge < -0.3 is 9.88 Å². The van der Waals surface area contributed by atoms with E-state index >= 15 is 0 Å². The molecule has 1 amide bonds. The van der Waals surface area contributed by atoms with E-state index in [1.807, 2.05) is 29.7 Å². The zero-order valence-corrected chi connectivity index (χ0v) is 14.6. The van der Waals surface area contributed by atoms with E-state index in [2.05, 4.69) is 35.8 Å². The number of H-pyrrole nitrogens is 1.